The molecule has 0 aromatic carbocycles. The summed E-state index contributed by atoms with van der Waals surface area (Å²) in [5, 5.41) is 8.85. The number of carbonyl (C=O) groups is 2. The monoisotopic (exact) mass is 226 g/mol. The van der Waals surface area contributed by atoms with Crippen LogP contribution < -0.4 is 0 Å². The molecule has 1 N–H and O–H groups in total. The van der Waals surface area contributed by atoms with Gasteiger partial charge in [0.15, 0.2) is 5.78 Å². The molecule has 0 aliphatic heterocycles. The van der Waals surface area contributed by atoms with E-state index in [1.54, 1.807) is 0 Å². The third-order valence-electron chi connectivity index (χ3n) is 2.69. The molecular formula is C13H22O3. The lowest BCUT2D eigenvalue weighted by atomic mass is 9.96. The van der Waals surface area contributed by atoms with Crippen LogP contribution in [0.1, 0.15) is 51.9 Å². The molecule has 0 rings (SSSR count). The number of ketones is 1. The molecule has 0 bridgehead atoms. The highest BCUT2D eigenvalue weighted by Crippen LogP contribution is 2.14. The summed E-state index contributed by atoms with van der Waals surface area (Å²) < 4.78 is 0. The van der Waals surface area contributed by atoms with Crippen LogP contribution in [0.3, 0.4) is 0 Å². The molecule has 0 aliphatic rings. The molecule has 0 saturated heterocycles. The van der Waals surface area contributed by atoms with E-state index in [2.05, 4.69) is 13.5 Å². The van der Waals surface area contributed by atoms with E-state index in [0.29, 0.717) is 6.42 Å². The Hall–Kier alpha value is -1.12. The van der Waals surface area contributed by atoms with Gasteiger partial charge in [-0.2, -0.15) is 0 Å². The van der Waals surface area contributed by atoms with Gasteiger partial charge < -0.3 is 5.11 Å². The minimum Gasteiger partial charge on any atom is -0.481 e. The Morgan fingerprint density at radius 3 is 2.25 bits per heavy atom. The second kappa shape index (κ2) is 9.13. The van der Waals surface area contributed by atoms with Gasteiger partial charge in [0.2, 0.25) is 0 Å². The molecule has 0 fully saturated rings. The van der Waals surface area contributed by atoms with Crippen molar-refractivity contribution in [3.63, 3.8) is 0 Å². The molecule has 0 heterocycles. The maximum Gasteiger partial charge on any atom is 0.314 e. The molecule has 0 amide bonds. The predicted molar refractivity (Wildman–Crippen MR) is 64.3 cm³/mol. The van der Waals surface area contributed by atoms with Gasteiger partial charge in [-0.05, 0) is 12.5 Å². The van der Waals surface area contributed by atoms with Gasteiger partial charge in [-0.1, -0.05) is 52.0 Å². The first kappa shape index (κ1) is 14.9. The van der Waals surface area contributed by atoms with E-state index >= 15 is 0 Å². The molecule has 3 heteroatoms. The topological polar surface area (TPSA) is 54.4 Å². The first-order valence-corrected chi connectivity index (χ1v) is 6.02. The van der Waals surface area contributed by atoms with Crippen molar-refractivity contribution < 1.29 is 14.7 Å². The third kappa shape index (κ3) is 6.38. The Morgan fingerprint density at radius 1 is 1.19 bits per heavy atom. The molecular weight excluding hydrogens is 204 g/mol. The van der Waals surface area contributed by atoms with Crippen LogP contribution in [-0.4, -0.2) is 16.9 Å². The number of rotatable bonds is 10. The smallest absolute Gasteiger partial charge is 0.314 e. The summed E-state index contributed by atoms with van der Waals surface area (Å²) >= 11 is 0. The maximum atomic E-state index is 11.2. The summed E-state index contributed by atoms with van der Waals surface area (Å²) in [6, 6.07) is 0. The van der Waals surface area contributed by atoms with Crippen molar-refractivity contribution >= 4 is 11.8 Å². The van der Waals surface area contributed by atoms with Gasteiger partial charge >= 0.3 is 5.97 Å². The fourth-order valence-corrected chi connectivity index (χ4v) is 1.66. The fourth-order valence-electron chi connectivity index (χ4n) is 1.66. The minimum atomic E-state index is -1.03. The molecule has 0 saturated carbocycles. The van der Waals surface area contributed by atoms with Crippen LogP contribution in [0.4, 0.5) is 0 Å². The molecule has 3 nitrogen and oxygen atoms in total. The summed E-state index contributed by atoms with van der Waals surface area (Å²) in [5.41, 5.74) is 0. The first-order valence-electron chi connectivity index (χ1n) is 6.02. The molecule has 0 aliphatic carbocycles. The van der Waals surface area contributed by atoms with Crippen molar-refractivity contribution in [2.75, 3.05) is 0 Å². The van der Waals surface area contributed by atoms with Crippen molar-refractivity contribution in [3.05, 3.63) is 12.7 Å². The molecule has 16 heavy (non-hydrogen) atoms. The fraction of sp³-hybridized carbons (Fsp3) is 0.692. The number of carboxylic acids is 1. The molecule has 1 unspecified atom stereocenters. The van der Waals surface area contributed by atoms with Gasteiger partial charge in [0.05, 0.1) is 0 Å². The minimum absolute atomic E-state index is 0.374. The lowest BCUT2D eigenvalue weighted by Crippen LogP contribution is -2.21. The number of carbonyl (C=O) groups excluding carboxylic acids is 1. The number of aliphatic carboxylic acids is 1. The second-order valence-corrected chi connectivity index (χ2v) is 4.05. The molecule has 92 valence electrons. The third-order valence-corrected chi connectivity index (χ3v) is 2.69. The second-order valence-electron chi connectivity index (χ2n) is 4.05. The predicted octanol–water partition coefficient (Wildman–Crippen LogP) is 3.19. The average molecular weight is 226 g/mol. The highest BCUT2D eigenvalue weighted by Gasteiger charge is 2.22. The van der Waals surface area contributed by atoms with E-state index in [-0.39, 0.29) is 5.78 Å². The van der Waals surface area contributed by atoms with Gasteiger partial charge in [-0.15, -0.1) is 0 Å². The number of unbranched alkanes of at least 4 members (excludes halogenated alkanes) is 5. The zero-order valence-corrected chi connectivity index (χ0v) is 10.1. The maximum absolute atomic E-state index is 11.2. The quantitative estimate of drug-likeness (QED) is 0.353. The van der Waals surface area contributed by atoms with Crippen LogP contribution in [-0.2, 0) is 9.59 Å². The van der Waals surface area contributed by atoms with Crippen LogP contribution in [0.15, 0.2) is 12.7 Å². The Balaban J connectivity index is 3.73. The normalized spacial score (nSPS) is 12.1. The van der Waals surface area contributed by atoms with E-state index in [4.69, 9.17) is 5.11 Å². The van der Waals surface area contributed by atoms with E-state index in [1.807, 2.05) is 0 Å². The van der Waals surface area contributed by atoms with Gasteiger partial charge in [0.25, 0.3) is 0 Å². The van der Waals surface area contributed by atoms with Crippen LogP contribution in [0.25, 0.3) is 0 Å². The number of carboxylic acid groups (broad SMARTS) is 1. The van der Waals surface area contributed by atoms with Crippen LogP contribution in [0, 0.1) is 5.92 Å². The van der Waals surface area contributed by atoms with Crippen molar-refractivity contribution in [1.29, 1.82) is 0 Å². The van der Waals surface area contributed by atoms with Gasteiger partial charge in [-0.25, -0.2) is 0 Å². The first-order chi connectivity index (χ1) is 7.63. The van der Waals surface area contributed by atoms with E-state index in [1.165, 1.54) is 19.3 Å². The van der Waals surface area contributed by atoms with Crippen molar-refractivity contribution in [3.8, 4) is 0 Å². The Morgan fingerprint density at radius 2 is 1.75 bits per heavy atom. The highest BCUT2D eigenvalue weighted by molar-refractivity contribution is 6.03. The lowest BCUT2D eigenvalue weighted by Gasteiger charge is -2.08. The van der Waals surface area contributed by atoms with E-state index < -0.39 is 11.9 Å². The van der Waals surface area contributed by atoms with Gasteiger partial charge in [-0.3, -0.25) is 9.59 Å². The molecule has 0 radical (unpaired) electrons. The summed E-state index contributed by atoms with van der Waals surface area (Å²) in [7, 11) is 0. The summed E-state index contributed by atoms with van der Waals surface area (Å²) in [5.74, 6) is -2.29. The summed E-state index contributed by atoms with van der Waals surface area (Å²) in [6.45, 7) is 5.48. The van der Waals surface area contributed by atoms with Crippen molar-refractivity contribution in [1.82, 2.24) is 0 Å². The lowest BCUT2D eigenvalue weighted by molar-refractivity contribution is -0.145. The number of allylic oxidation sites excluding steroid dienone is 1. The van der Waals surface area contributed by atoms with Crippen molar-refractivity contribution in [2.24, 2.45) is 5.92 Å². The molecule has 0 spiro atoms. The molecule has 0 aromatic heterocycles. The molecule has 1 atom stereocenters. The largest absolute Gasteiger partial charge is 0.481 e. The molecule has 0 aromatic rings. The Bertz CT molecular complexity index is 233. The van der Waals surface area contributed by atoms with E-state index in [9.17, 15) is 9.59 Å². The average Bonchev–Trinajstić information content (AvgIpc) is 2.26. The van der Waals surface area contributed by atoms with Crippen LogP contribution >= 0.6 is 0 Å². The van der Waals surface area contributed by atoms with Crippen LogP contribution in [0.2, 0.25) is 0 Å². The van der Waals surface area contributed by atoms with E-state index in [0.717, 1.165) is 25.3 Å². The summed E-state index contributed by atoms with van der Waals surface area (Å²) in [6.07, 6.45) is 8.11. The zero-order chi connectivity index (χ0) is 12.4. The number of hydrogen-bond acceptors (Lipinski definition) is 2. The Labute approximate surface area is 97.5 Å². The SMILES string of the molecule is C=CC(=O)C(CCCCCCCC)C(=O)O. The summed E-state index contributed by atoms with van der Waals surface area (Å²) in [4.78, 5) is 22.0. The van der Waals surface area contributed by atoms with Crippen LogP contribution in [0.5, 0.6) is 0 Å². The Kier molecular flexibility index (Phi) is 8.49. The standard InChI is InChI=1S/C13H22O3/c1-3-5-6-7-8-9-10-11(13(15)16)12(14)4-2/h4,11H,2-3,5-10H2,1H3,(H,15,16). The zero-order valence-electron chi connectivity index (χ0n) is 10.1. The van der Waals surface area contributed by atoms with Gasteiger partial charge in [0.1, 0.15) is 5.92 Å². The van der Waals surface area contributed by atoms with Gasteiger partial charge in [0, 0.05) is 0 Å². The highest BCUT2D eigenvalue weighted by atomic mass is 16.4. The number of hydrogen-bond donors (Lipinski definition) is 1. The van der Waals surface area contributed by atoms with Crippen molar-refractivity contribution in [2.45, 2.75) is 51.9 Å².